The number of nitrogens with zero attached hydrogens (tertiary/aromatic N) is 1. The van der Waals surface area contributed by atoms with Crippen molar-refractivity contribution in [3.63, 3.8) is 0 Å². The van der Waals surface area contributed by atoms with E-state index in [0.717, 1.165) is 18.8 Å². The Labute approximate surface area is 153 Å². The molecule has 1 aliphatic rings. The van der Waals surface area contributed by atoms with Crippen LogP contribution >= 0.6 is 23.7 Å². The number of nitrogens with one attached hydrogen (secondary N) is 1. The topological polar surface area (TPSA) is 41.6 Å². The van der Waals surface area contributed by atoms with Crippen LogP contribution in [-0.4, -0.2) is 36.0 Å². The highest BCUT2D eigenvalue weighted by Crippen LogP contribution is 2.20. The SMILES string of the molecule is CC1NCCN(C(=O)c2cccc(OCc3cccs3)c2)C1C.Cl. The zero-order valence-corrected chi connectivity index (χ0v) is 15.5. The first-order valence-electron chi connectivity index (χ1n) is 7.95. The number of carbonyl (C=O) groups excluding carboxylic acids is 1. The van der Waals surface area contributed by atoms with Crippen molar-refractivity contribution in [3.05, 3.63) is 52.2 Å². The molecule has 0 radical (unpaired) electrons. The van der Waals surface area contributed by atoms with Gasteiger partial charge < -0.3 is 15.0 Å². The summed E-state index contributed by atoms with van der Waals surface area (Å²) >= 11 is 1.67. The summed E-state index contributed by atoms with van der Waals surface area (Å²) in [4.78, 5) is 15.9. The Hall–Kier alpha value is -1.56. The van der Waals surface area contributed by atoms with E-state index in [-0.39, 0.29) is 24.4 Å². The molecule has 6 heteroatoms. The standard InChI is InChI=1S/C18H22N2O2S.ClH/c1-13-14(2)20(9-8-19-13)18(21)15-5-3-6-16(11-15)22-12-17-7-4-10-23-17;/h3-7,10-11,13-14,19H,8-9,12H2,1-2H3;1H. The van der Waals surface area contributed by atoms with Crippen molar-refractivity contribution in [2.24, 2.45) is 0 Å². The van der Waals surface area contributed by atoms with Gasteiger partial charge in [-0.25, -0.2) is 0 Å². The molecule has 0 bridgehead atoms. The van der Waals surface area contributed by atoms with Crippen LogP contribution in [0.5, 0.6) is 5.75 Å². The van der Waals surface area contributed by atoms with E-state index >= 15 is 0 Å². The van der Waals surface area contributed by atoms with Crippen LogP contribution in [-0.2, 0) is 6.61 Å². The maximum Gasteiger partial charge on any atom is 0.254 e. The van der Waals surface area contributed by atoms with Crippen LogP contribution in [0.15, 0.2) is 41.8 Å². The summed E-state index contributed by atoms with van der Waals surface area (Å²) in [6.07, 6.45) is 0. The second kappa shape index (κ2) is 8.51. The van der Waals surface area contributed by atoms with Crippen LogP contribution in [0.4, 0.5) is 0 Å². The lowest BCUT2D eigenvalue weighted by atomic mass is 10.1. The number of amides is 1. The Morgan fingerprint density at radius 3 is 2.92 bits per heavy atom. The number of thiophene rings is 1. The predicted octanol–water partition coefficient (Wildman–Crippen LogP) is 3.57. The Kier molecular flexibility index (Phi) is 6.66. The number of halogens is 1. The first-order valence-corrected chi connectivity index (χ1v) is 8.82. The molecule has 0 spiro atoms. The molecular weight excluding hydrogens is 344 g/mol. The summed E-state index contributed by atoms with van der Waals surface area (Å²) in [5.74, 6) is 0.813. The van der Waals surface area contributed by atoms with Crippen molar-refractivity contribution in [3.8, 4) is 5.75 Å². The molecule has 130 valence electrons. The molecule has 0 saturated carbocycles. The van der Waals surface area contributed by atoms with E-state index in [2.05, 4.69) is 19.2 Å². The molecule has 1 amide bonds. The van der Waals surface area contributed by atoms with Crippen molar-refractivity contribution in [2.75, 3.05) is 13.1 Å². The van der Waals surface area contributed by atoms with E-state index in [1.165, 1.54) is 4.88 Å². The van der Waals surface area contributed by atoms with Crippen molar-refractivity contribution >= 4 is 29.7 Å². The first-order chi connectivity index (χ1) is 11.1. The molecule has 1 aromatic carbocycles. The Balaban J connectivity index is 0.00000208. The summed E-state index contributed by atoms with van der Waals surface area (Å²) in [5.41, 5.74) is 0.689. The number of hydrogen-bond acceptors (Lipinski definition) is 4. The lowest BCUT2D eigenvalue weighted by Crippen LogP contribution is -2.57. The third-order valence-corrected chi connectivity index (χ3v) is 5.19. The summed E-state index contributed by atoms with van der Waals surface area (Å²) in [6.45, 7) is 6.32. The molecule has 4 nitrogen and oxygen atoms in total. The quantitative estimate of drug-likeness (QED) is 0.899. The molecule has 1 fully saturated rings. The average Bonchev–Trinajstić information content (AvgIpc) is 3.09. The van der Waals surface area contributed by atoms with E-state index in [4.69, 9.17) is 4.74 Å². The van der Waals surface area contributed by atoms with Gasteiger partial charge in [0.15, 0.2) is 0 Å². The highest BCUT2D eigenvalue weighted by Gasteiger charge is 2.28. The molecule has 2 heterocycles. The first kappa shape index (κ1) is 18.8. The molecule has 1 saturated heterocycles. The van der Waals surface area contributed by atoms with Crippen molar-refractivity contribution in [1.82, 2.24) is 10.2 Å². The molecule has 2 atom stereocenters. The second-order valence-electron chi connectivity index (χ2n) is 5.88. The number of piperazine rings is 1. The predicted molar refractivity (Wildman–Crippen MR) is 100 cm³/mol. The van der Waals surface area contributed by atoms with Gasteiger partial charge in [-0.3, -0.25) is 4.79 Å². The molecule has 1 N–H and O–H groups in total. The lowest BCUT2D eigenvalue weighted by molar-refractivity contribution is 0.0602. The van der Waals surface area contributed by atoms with E-state index in [1.54, 1.807) is 11.3 Å². The smallest absolute Gasteiger partial charge is 0.254 e. The van der Waals surface area contributed by atoms with Gasteiger partial charge in [0.2, 0.25) is 0 Å². The van der Waals surface area contributed by atoms with Gasteiger partial charge in [-0.2, -0.15) is 0 Å². The Bertz CT molecular complexity index is 663. The number of hydrogen-bond donors (Lipinski definition) is 1. The summed E-state index contributed by atoms with van der Waals surface area (Å²) in [5, 5.41) is 5.43. The molecule has 3 rings (SSSR count). The highest BCUT2D eigenvalue weighted by molar-refractivity contribution is 7.09. The van der Waals surface area contributed by atoms with Gasteiger partial charge in [0.05, 0.1) is 0 Å². The summed E-state index contributed by atoms with van der Waals surface area (Å²) in [6, 6.07) is 12.0. The van der Waals surface area contributed by atoms with Crippen molar-refractivity contribution in [1.29, 1.82) is 0 Å². The average molecular weight is 367 g/mol. The third kappa shape index (κ3) is 4.29. The molecule has 24 heavy (non-hydrogen) atoms. The van der Waals surface area contributed by atoms with Crippen molar-refractivity contribution < 1.29 is 9.53 Å². The number of benzene rings is 1. The van der Waals surface area contributed by atoms with Crippen LogP contribution in [0.2, 0.25) is 0 Å². The van der Waals surface area contributed by atoms with Crippen LogP contribution in [0.1, 0.15) is 29.1 Å². The summed E-state index contributed by atoms with van der Waals surface area (Å²) in [7, 11) is 0. The van der Waals surface area contributed by atoms with E-state index in [1.807, 2.05) is 46.7 Å². The van der Waals surface area contributed by atoms with Crippen LogP contribution < -0.4 is 10.1 Å². The molecule has 1 aromatic heterocycles. The van der Waals surface area contributed by atoms with Gasteiger partial charge in [0.1, 0.15) is 12.4 Å². The van der Waals surface area contributed by atoms with Gasteiger partial charge >= 0.3 is 0 Å². The van der Waals surface area contributed by atoms with Crippen molar-refractivity contribution in [2.45, 2.75) is 32.5 Å². The van der Waals surface area contributed by atoms with E-state index < -0.39 is 0 Å². The normalized spacial score (nSPS) is 20.3. The van der Waals surface area contributed by atoms with Gasteiger partial charge in [0.25, 0.3) is 5.91 Å². The van der Waals surface area contributed by atoms with Crippen LogP contribution in [0.3, 0.4) is 0 Å². The molecule has 0 aliphatic carbocycles. The molecular formula is C18H23ClN2O2S. The molecule has 1 aliphatic heterocycles. The van der Waals surface area contributed by atoms with Crippen LogP contribution in [0, 0.1) is 0 Å². The monoisotopic (exact) mass is 366 g/mol. The van der Waals surface area contributed by atoms with E-state index in [0.29, 0.717) is 18.2 Å². The lowest BCUT2D eigenvalue weighted by Gasteiger charge is -2.38. The Morgan fingerprint density at radius 1 is 1.33 bits per heavy atom. The molecule has 2 aromatic rings. The minimum absolute atomic E-state index is 0. The number of ether oxygens (including phenoxy) is 1. The van der Waals surface area contributed by atoms with Gasteiger partial charge in [-0.05, 0) is 43.5 Å². The molecule has 2 unspecified atom stereocenters. The number of carbonyl (C=O) groups is 1. The zero-order valence-electron chi connectivity index (χ0n) is 13.9. The number of rotatable bonds is 4. The maximum absolute atomic E-state index is 12.8. The minimum atomic E-state index is 0. The van der Waals surface area contributed by atoms with Gasteiger partial charge in [-0.15, -0.1) is 23.7 Å². The van der Waals surface area contributed by atoms with E-state index in [9.17, 15) is 4.79 Å². The van der Waals surface area contributed by atoms with Gasteiger partial charge in [0, 0.05) is 35.6 Å². The Morgan fingerprint density at radius 2 is 2.17 bits per heavy atom. The highest BCUT2D eigenvalue weighted by atomic mass is 35.5. The minimum Gasteiger partial charge on any atom is -0.488 e. The maximum atomic E-state index is 12.8. The fourth-order valence-corrected chi connectivity index (χ4v) is 3.39. The fourth-order valence-electron chi connectivity index (χ4n) is 2.78. The third-order valence-electron chi connectivity index (χ3n) is 4.34. The fraction of sp³-hybridized carbons (Fsp3) is 0.389. The summed E-state index contributed by atoms with van der Waals surface area (Å²) < 4.78 is 5.80. The largest absolute Gasteiger partial charge is 0.488 e. The zero-order chi connectivity index (χ0) is 16.2. The van der Waals surface area contributed by atoms with Crippen LogP contribution in [0.25, 0.3) is 0 Å². The second-order valence-corrected chi connectivity index (χ2v) is 6.91. The van der Waals surface area contributed by atoms with Gasteiger partial charge in [-0.1, -0.05) is 12.1 Å².